The number of anilines is 1. The van der Waals surface area contributed by atoms with Crippen LogP contribution < -0.4 is 10.6 Å². The number of amides is 1. The Balaban J connectivity index is 0.00000242. The van der Waals surface area contributed by atoms with E-state index in [-0.39, 0.29) is 24.1 Å². The molecule has 2 aromatic heterocycles. The molecular formula is C12H17ClF2N6O. The number of nitrogens with zero attached hydrogens (tertiary/aromatic N) is 4. The number of carbonyl (C=O) groups is 1. The molecule has 1 unspecified atom stereocenters. The van der Waals surface area contributed by atoms with Gasteiger partial charge in [0.1, 0.15) is 12.6 Å². The van der Waals surface area contributed by atoms with Gasteiger partial charge >= 0.3 is 0 Å². The van der Waals surface area contributed by atoms with Crippen LogP contribution in [-0.2, 0) is 18.4 Å². The summed E-state index contributed by atoms with van der Waals surface area (Å²) in [6.45, 7) is -0.506. The number of alkyl halides is 2. The van der Waals surface area contributed by atoms with Gasteiger partial charge in [-0.2, -0.15) is 10.2 Å². The van der Waals surface area contributed by atoms with Crippen molar-refractivity contribution in [2.45, 2.75) is 19.0 Å². The summed E-state index contributed by atoms with van der Waals surface area (Å²) >= 11 is 0. The van der Waals surface area contributed by atoms with Crippen molar-refractivity contribution in [3.05, 3.63) is 30.2 Å². The number of nitrogens with one attached hydrogen (secondary N) is 2. The molecule has 0 spiro atoms. The molecule has 2 N–H and O–H groups in total. The van der Waals surface area contributed by atoms with Crippen LogP contribution in [0.4, 0.5) is 14.6 Å². The molecule has 122 valence electrons. The molecule has 0 aliphatic rings. The highest BCUT2D eigenvalue weighted by Gasteiger charge is 2.21. The van der Waals surface area contributed by atoms with Crippen LogP contribution in [0.5, 0.6) is 0 Å². The van der Waals surface area contributed by atoms with Crippen LogP contribution in [0, 0.1) is 0 Å². The Morgan fingerprint density at radius 3 is 2.73 bits per heavy atom. The van der Waals surface area contributed by atoms with Crippen molar-refractivity contribution >= 4 is 24.1 Å². The van der Waals surface area contributed by atoms with Crippen molar-refractivity contribution in [1.82, 2.24) is 24.9 Å². The van der Waals surface area contributed by atoms with Crippen molar-refractivity contribution in [1.29, 1.82) is 0 Å². The Morgan fingerprint density at radius 2 is 2.18 bits per heavy atom. The predicted octanol–water partition coefficient (Wildman–Crippen LogP) is 1.20. The van der Waals surface area contributed by atoms with Gasteiger partial charge in [-0.15, -0.1) is 12.4 Å². The average molecular weight is 335 g/mol. The van der Waals surface area contributed by atoms with E-state index in [4.69, 9.17) is 0 Å². The molecule has 2 aromatic rings. The summed E-state index contributed by atoms with van der Waals surface area (Å²) in [5, 5.41) is 13.3. The van der Waals surface area contributed by atoms with Crippen LogP contribution in [0.25, 0.3) is 0 Å². The second kappa shape index (κ2) is 7.85. The van der Waals surface area contributed by atoms with Crippen LogP contribution >= 0.6 is 12.4 Å². The zero-order chi connectivity index (χ0) is 15.4. The van der Waals surface area contributed by atoms with E-state index >= 15 is 0 Å². The Labute approximate surface area is 132 Å². The molecular weight excluding hydrogens is 318 g/mol. The summed E-state index contributed by atoms with van der Waals surface area (Å²) in [4.78, 5) is 12.2. The van der Waals surface area contributed by atoms with Crippen LogP contribution in [0.1, 0.15) is 11.6 Å². The zero-order valence-corrected chi connectivity index (χ0v) is 12.8. The second-order valence-electron chi connectivity index (χ2n) is 4.47. The lowest BCUT2D eigenvalue weighted by molar-refractivity contribution is -0.118. The normalized spacial score (nSPS) is 12.0. The maximum absolute atomic E-state index is 12.2. The summed E-state index contributed by atoms with van der Waals surface area (Å²) in [5.74, 6) is -0.113. The minimum Gasteiger partial charge on any atom is -0.308 e. The number of rotatable bonds is 6. The number of halogens is 3. The fourth-order valence-electron chi connectivity index (χ4n) is 1.91. The summed E-state index contributed by atoms with van der Waals surface area (Å²) in [7, 11) is 3.40. The summed E-state index contributed by atoms with van der Waals surface area (Å²) < 4.78 is 27.1. The Kier molecular flexibility index (Phi) is 6.44. The highest BCUT2D eigenvalue weighted by atomic mass is 35.5. The van der Waals surface area contributed by atoms with E-state index in [0.717, 1.165) is 4.68 Å². The molecule has 2 rings (SSSR count). The number of carbonyl (C=O) groups excluding carboxylic acids is 1. The Morgan fingerprint density at radius 1 is 1.45 bits per heavy atom. The quantitative estimate of drug-likeness (QED) is 0.832. The highest BCUT2D eigenvalue weighted by molar-refractivity contribution is 5.94. The molecule has 0 aliphatic heterocycles. The average Bonchev–Trinajstić information content (AvgIpc) is 2.99. The first kappa shape index (κ1) is 18.1. The van der Waals surface area contributed by atoms with Gasteiger partial charge < -0.3 is 10.6 Å². The molecule has 10 heteroatoms. The fourth-order valence-corrected chi connectivity index (χ4v) is 1.91. The van der Waals surface area contributed by atoms with Crippen LogP contribution in [0.3, 0.4) is 0 Å². The number of hydrogen-bond acceptors (Lipinski definition) is 4. The molecule has 22 heavy (non-hydrogen) atoms. The fraction of sp³-hybridized carbons (Fsp3) is 0.417. The van der Waals surface area contributed by atoms with Crippen molar-refractivity contribution in [3.8, 4) is 0 Å². The zero-order valence-electron chi connectivity index (χ0n) is 12.0. The summed E-state index contributed by atoms with van der Waals surface area (Å²) in [5.41, 5.74) is 0.699. The van der Waals surface area contributed by atoms with Crippen molar-refractivity contribution < 1.29 is 13.6 Å². The third-order valence-corrected chi connectivity index (χ3v) is 2.83. The van der Waals surface area contributed by atoms with Crippen LogP contribution in [0.15, 0.2) is 24.7 Å². The van der Waals surface area contributed by atoms with Crippen molar-refractivity contribution in [2.75, 3.05) is 12.4 Å². The smallest absolute Gasteiger partial charge is 0.257 e. The van der Waals surface area contributed by atoms with Gasteiger partial charge in [0.25, 0.3) is 6.43 Å². The SMILES string of the molecule is CNC(C(=O)Nc1ccn(CC(F)F)n1)c1cnn(C)c1.Cl. The van der Waals surface area contributed by atoms with Gasteiger partial charge in [0.2, 0.25) is 5.91 Å². The van der Waals surface area contributed by atoms with Gasteiger partial charge in [0.15, 0.2) is 5.82 Å². The van der Waals surface area contributed by atoms with E-state index in [1.54, 1.807) is 31.2 Å². The molecule has 0 bridgehead atoms. The molecule has 2 heterocycles. The first-order chi connectivity index (χ1) is 9.99. The molecule has 0 fully saturated rings. The Bertz CT molecular complexity index is 614. The van der Waals surface area contributed by atoms with E-state index in [1.807, 2.05) is 0 Å². The first-order valence-corrected chi connectivity index (χ1v) is 6.28. The molecule has 0 radical (unpaired) electrons. The van der Waals surface area contributed by atoms with Gasteiger partial charge in [-0.25, -0.2) is 8.78 Å². The topological polar surface area (TPSA) is 76.8 Å². The van der Waals surface area contributed by atoms with Crippen LogP contribution in [-0.4, -0.2) is 38.9 Å². The van der Waals surface area contributed by atoms with Gasteiger partial charge in [0.05, 0.1) is 6.20 Å². The molecule has 7 nitrogen and oxygen atoms in total. The summed E-state index contributed by atoms with van der Waals surface area (Å²) in [6, 6.07) is 0.870. The number of aryl methyl sites for hydroxylation is 1. The molecule has 0 aliphatic carbocycles. The number of aromatic nitrogens is 4. The largest absolute Gasteiger partial charge is 0.308 e. The lowest BCUT2D eigenvalue weighted by Gasteiger charge is -2.13. The van der Waals surface area contributed by atoms with E-state index in [0.29, 0.717) is 5.56 Å². The molecule has 0 saturated heterocycles. The minimum atomic E-state index is -2.49. The van der Waals surface area contributed by atoms with Crippen molar-refractivity contribution in [3.63, 3.8) is 0 Å². The minimum absolute atomic E-state index is 0. The van der Waals surface area contributed by atoms with Gasteiger partial charge in [0, 0.05) is 31.1 Å². The van der Waals surface area contributed by atoms with Gasteiger partial charge in [-0.3, -0.25) is 14.2 Å². The van der Waals surface area contributed by atoms with Crippen molar-refractivity contribution in [2.24, 2.45) is 7.05 Å². The number of hydrogen-bond donors (Lipinski definition) is 2. The van der Waals surface area contributed by atoms with Gasteiger partial charge in [-0.05, 0) is 7.05 Å². The van der Waals surface area contributed by atoms with E-state index in [9.17, 15) is 13.6 Å². The molecule has 0 saturated carbocycles. The highest BCUT2D eigenvalue weighted by Crippen LogP contribution is 2.14. The predicted molar refractivity (Wildman–Crippen MR) is 79.1 cm³/mol. The lowest BCUT2D eigenvalue weighted by Crippen LogP contribution is -2.30. The molecule has 0 aromatic carbocycles. The third kappa shape index (κ3) is 4.50. The third-order valence-electron chi connectivity index (χ3n) is 2.83. The van der Waals surface area contributed by atoms with E-state index in [2.05, 4.69) is 20.8 Å². The maximum atomic E-state index is 12.2. The van der Waals surface area contributed by atoms with Gasteiger partial charge in [-0.1, -0.05) is 0 Å². The van der Waals surface area contributed by atoms with E-state index < -0.39 is 19.0 Å². The van der Waals surface area contributed by atoms with E-state index in [1.165, 1.54) is 12.3 Å². The first-order valence-electron chi connectivity index (χ1n) is 6.28. The summed E-state index contributed by atoms with van der Waals surface area (Å²) in [6.07, 6.45) is 2.20. The maximum Gasteiger partial charge on any atom is 0.257 e. The standard InChI is InChI=1S/C12H16F2N6O.ClH/c1-15-11(8-5-16-19(2)6-8)12(21)17-10-3-4-20(18-10)7-9(13)14;/h3-6,9,11,15H,7H2,1-2H3,(H,17,18,21);1H. The lowest BCUT2D eigenvalue weighted by atomic mass is 10.1. The van der Waals surface area contributed by atoms with Crippen LogP contribution in [0.2, 0.25) is 0 Å². The monoisotopic (exact) mass is 334 g/mol. The number of likely N-dealkylation sites (N-methyl/N-ethyl adjacent to an activating group) is 1. The second-order valence-corrected chi connectivity index (χ2v) is 4.47. The Hall–Kier alpha value is -2.00. The molecule has 1 amide bonds. The molecule has 1 atom stereocenters.